The van der Waals surface area contributed by atoms with Gasteiger partial charge >= 0.3 is 0 Å². The Bertz CT molecular complexity index is 307. The summed E-state index contributed by atoms with van der Waals surface area (Å²) in [5.74, 6) is -0.559. The van der Waals surface area contributed by atoms with Crippen LogP contribution in [0.2, 0.25) is 0 Å². The van der Waals surface area contributed by atoms with Crippen LogP contribution < -0.4 is 0 Å². The van der Waals surface area contributed by atoms with Crippen LogP contribution in [0.1, 0.15) is 26.2 Å². The van der Waals surface area contributed by atoms with Crippen molar-refractivity contribution in [3.05, 3.63) is 12.2 Å². The second-order valence-electron chi connectivity index (χ2n) is 4.45. The van der Waals surface area contributed by atoms with Crippen LogP contribution in [0.5, 0.6) is 0 Å². The first-order chi connectivity index (χ1) is 7.70. The maximum Gasteiger partial charge on any atom is 0.233 e. The standard InChI is InChI=1S/C12H17NO3/c1-2-8(7-14)13-11(15)9-5-3-4-6-10(9)12(13)16/h3-4,8-10,14H,2,5-7H2,1H3. The first kappa shape index (κ1) is 11.3. The molecule has 88 valence electrons. The number of allylic oxidation sites excluding steroid dienone is 2. The Morgan fingerprint density at radius 2 is 1.81 bits per heavy atom. The Labute approximate surface area is 94.9 Å². The highest BCUT2D eigenvalue weighted by Gasteiger charge is 2.49. The van der Waals surface area contributed by atoms with Gasteiger partial charge in [-0.1, -0.05) is 19.1 Å². The number of fused-ring (bicyclic) bond motifs is 1. The predicted octanol–water partition coefficient (Wildman–Crippen LogP) is 0.708. The summed E-state index contributed by atoms with van der Waals surface area (Å²) in [7, 11) is 0. The van der Waals surface area contributed by atoms with Gasteiger partial charge in [0.2, 0.25) is 11.8 Å². The van der Waals surface area contributed by atoms with Gasteiger partial charge in [-0.2, -0.15) is 0 Å². The number of aliphatic hydroxyl groups excluding tert-OH is 1. The third kappa shape index (κ3) is 1.57. The van der Waals surface area contributed by atoms with E-state index in [1.165, 1.54) is 4.90 Å². The van der Waals surface area contributed by atoms with Crippen molar-refractivity contribution < 1.29 is 14.7 Å². The van der Waals surface area contributed by atoms with Gasteiger partial charge in [0.25, 0.3) is 0 Å². The molecule has 0 bridgehead atoms. The van der Waals surface area contributed by atoms with Crippen molar-refractivity contribution in [2.24, 2.45) is 11.8 Å². The number of carbonyl (C=O) groups excluding carboxylic acids is 2. The maximum absolute atomic E-state index is 12.1. The minimum atomic E-state index is -0.342. The average Bonchev–Trinajstić information content (AvgIpc) is 2.57. The van der Waals surface area contributed by atoms with Crippen LogP contribution in [0, 0.1) is 11.8 Å². The lowest BCUT2D eigenvalue weighted by Gasteiger charge is -2.23. The van der Waals surface area contributed by atoms with Gasteiger partial charge in [-0.05, 0) is 19.3 Å². The molecule has 1 saturated heterocycles. The van der Waals surface area contributed by atoms with E-state index in [1.54, 1.807) is 0 Å². The van der Waals surface area contributed by atoms with Crippen LogP contribution in [0.25, 0.3) is 0 Å². The van der Waals surface area contributed by atoms with Crippen LogP contribution in [0.3, 0.4) is 0 Å². The minimum absolute atomic E-state index is 0.0970. The van der Waals surface area contributed by atoms with Gasteiger partial charge in [0.15, 0.2) is 0 Å². The summed E-state index contributed by atoms with van der Waals surface area (Å²) >= 11 is 0. The maximum atomic E-state index is 12.1. The molecule has 0 aromatic carbocycles. The van der Waals surface area contributed by atoms with Crippen molar-refractivity contribution in [3.63, 3.8) is 0 Å². The number of aliphatic hydroxyl groups is 1. The smallest absolute Gasteiger partial charge is 0.233 e. The molecule has 1 N–H and O–H groups in total. The van der Waals surface area contributed by atoms with E-state index in [-0.39, 0.29) is 36.3 Å². The Hall–Kier alpha value is -1.16. The predicted molar refractivity (Wildman–Crippen MR) is 58.4 cm³/mol. The summed E-state index contributed by atoms with van der Waals surface area (Å²) in [5.41, 5.74) is 0. The summed E-state index contributed by atoms with van der Waals surface area (Å²) < 4.78 is 0. The minimum Gasteiger partial charge on any atom is -0.394 e. The number of carbonyl (C=O) groups is 2. The van der Waals surface area contributed by atoms with E-state index in [1.807, 2.05) is 19.1 Å². The van der Waals surface area contributed by atoms with Crippen LogP contribution in [-0.2, 0) is 9.59 Å². The lowest BCUT2D eigenvalue weighted by Crippen LogP contribution is -2.42. The molecule has 2 rings (SSSR count). The van der Waals surface area contributed by atoms with E-state index < -0.39 is 0 Å². The summed E-state index contributed by atoms with van der Waals surface area (Å²) in [6.07, 6.45) is 5.87. The third-order valence-electron chi connectivity index (χ3n) is 3.59. The molecule has 0 saturated carbocycles. The molecule has 1 aliphatic carbocycles. The second-order valence-corrected chi connectivity index (χ2v) is 4.45. The Balaban J connectivity index is 2.23. The monoisotopic (exact) mass is 223 g/mol. The van der Waals surface area contributed by atoms with Gasteiger partial charge < -0.3 is 5.11 Å². The molecule has 4 heteroatoms. The van der Waals surface area contributed by atoms with Gasteiger partial charge in [-0.25, -0.2) is 0 Å². The van der Waals surface area contributed by atoms with E-state index in [0.29, 0.717) is 19.3 Å². The zero-order valence-corrected chi connectivity index (χ0v) is 9.43. The van der Waals surface area contributed by atoms with Crippen molar-refractivity contribution in [2.45, 2.75) is 32.2 Å². The fraction of sp³-hybridized carbons (Fsp3) is 0.667. The van der Waals surface area contributed by atoms with E-state index >= 15 is 0 Å². The first-order valence-corrected chi connectivity index (χ1v) is 5.83. The third-order valence-corrected chi connectivity index (χ3v) is 3.59. The van der Waals surface area contributed by atoms with Crippen molar-refractivity contribution in [1.82, 2.24) is 4.90 Å². The quantitative estimate of drug-likeness (QED) is 0.566. The van der Waals surface area contributed by atoms with E-state index in [4.69, 9.17) is 0 Å². The molecule has 2 aliphatic rings. The summed E-state index contributed by atoms with van der Waals surface area (Å²) in [6.45, 7) is 1.74. The Morgan fingerprint density at radius 3 is 2.19 bits per heavy atom. The Morgan fingerprint density at radius 1 is 1.31 bits per heavy atom. The molecule has 1 aliphatic heterocycles. The highest BCUT2D eigenvalue weighted by Crippen LogP contribution is 2.36. The SMILES string of the molecule is CCC(CO)N1C(=O)C2CC=CCC2C1=O. The number of amides is 2. The highest BCUT2D eigenvalue weighted by molar-refractivity contribution is 6.05. The molecule has 3 atom stereocenters. The van der Waals surface area contributed by atoms with E-state index in [0.717, 1.165) is 0 Å². The van der Waals surface area contributed by atoms with Gasteiger partial charge in [0, 0.05) is 0 Å². The fourth-order valence-corrected chi connectivity index (χ4v) is 2.58. The number of hydrogen-bond donors (Lipinski definition) is 1. The van der Waals surface area contributed by atoms with Crippen molar-refractivity contribution in [3.8, 4) is 0 Å². The zero-order chi connectivity index (χ0) is 11.7. The molecule has 0 spiro atoms. The van der Waals surface area contributed by atoms with Gasteiger partial charge in [0.1, 0.15) is 0 Å². The number of likely N-dealkylation sites (tertiary alicyclic amines) is 1. The normalized spacial score (nSPS) is 30.8. The molecule has 1 fully saturated rings. The molecule has 3 unspecified atom stereocenters. The van der Waals surface area contributed by atoms with Gasteiger partial charge in [-0.3, -0.25) is 14.5 Å². The second kappa shape index (κ2) is 4.37. The molecule has 16 heavy (non-hydrogen) atoms. The highest BCUT2D eigenvalue weighted by atomic mass is 16.3. The van der Waals surface area contributed by atoms with Gasteiger partial charge in [-0.15, -0.1) is 0 Å². The van der Waals surface area contributed by atoms with E-state index in [2.05, 4.69) is 0 Å². The van der Waals surface area contributed by atoms with Crippen LogP contribution in [0.4, 0.5) is 0 Å². The summed E-state index contributed by atoms with van der Waals surface area (Å²) in [6, 6.07) is -0.342. The van der Waals surface area contributed by atoms with Crippen molar-refractivity contribution >= 4 is 11.8 Å². The number of hydrogen-bond acceptors (Lipinski definition) is 3. The molecule has 0 aromatic rings. The molecular weight excluding hydrogens is 206 g/mol. The average molecular weight is 223 g/mol. The molecule has 4 nitrogen and oxygen atoms in total. The molecule has 1 heterocycles. The summed E-state index contributed by atoms with van der Waals surface area (Å²) in [4.78, 5) is 25.4. The number of imide groups is 1. The molecule has 0 aromatic heterocycles. The lowest BCUT2D eigenvalue weighted by molar-refractivity contribution is -0.143. The molecule has 2 amide bonds. The Kier molecular flexibility index (Phi) is 3.10. The topological polar surface area (TPSA) is 57.6 Å². The summed E-state index contributed by atoms with van der Waals surface area (Å²) in [5, 5.41) is 9.19. The van der Waals surface area contributed by atoms with Crippen LogP contribution in [-0.4, -0.2) is 34.5 Å². The van der Waals surface area contributed by atoms with E-state index in [9.17, 15) is 14.7 Å². The number of nitrogens with zero attached hydrogens (tertiary/aromatic N) is 1. The lowest BCUT2D eigenvalue weighted by atomic mass is 9.85. The van der Waals surface area contributed by atoms with Gasteiger partial charge in [0.05, 0.1) is 24.5 Å². The fourth-order valence-electron chi connectivity index (χ4n) is 2.58. The molecular formula is C12H17NO3. The first-order valence-electron chi connectivity index (χ1n) is 5.83. The zero-order valence-electron chi connectivity index (χ0n) is 9.43. The van der Waals surface area contributed by atoms with Crippen LogP contribution in [0.15, 0.2) is 12.2 Å². The molecule has 0 radical (unpaired) electrons. The number of rotatable bonds is 3. The van der Waals surface area contributed by atoms with Crippen molar-refractivity contribution in [2.75, 3.05) is 6.61 Å². The van der Waals surface area contributed by atoms with Crippen molar-refractivity contribution in [1.29, 1.82) is 0 Å². The van der Waals surface area contributed by atoms with Crippen LogP contribution >= 0.6 is 0 Å². The largest absolute Gasteiger partial charge is 0.394 e.